The minimum atomic E-state index is 0.655. The van der Waals surface area contributed by atoms with Gasteiger partial charge in [-0.1, -0.05) is 6.42 Å². The van der Waals surface area contributed by atoms with Crippen LogP contribution in [0.5, 0.6) is 0 Å². The second kappa shape index (κ2) is 3.00. The molecule has 0 aromatic heterocycles. The summed E-state index contributed by atoms with van der Waals surface area (Å²) in [5.41, 5.74) is 0.655. The topological polar surface area (TPSA) is 15.3 Å². The molecular weight excluding hydrogens is 148 g/mol. The molecule has 0 aromatic rings. The maximum Gasteiger partial charge on any atom is 0.0145 e. The summed E-state index contributed by atoms with van der Waals surface area (Å²) in [5, 5.41) is 3.49. The maximum absolute atomic E-state index is 3.49. The van der Waals surface area contributed by atoms with E-state index in [0.29, 0.717) is 5.41 Å². The van der Waals surface area contributed by atoms with Crippen molar-refractivity contribution in [1.29, 1.82) is 0 Å². The van der Waals surface area contributed by atoms with Crippen LogP contribution in [0.15, 0.2) is 0 Å². The smallest absolute Gasteiger partial charge is 0.0145 e. The van der Waals surface area contributed by atoms with Crippen molar-refractivity contribution in [3.63, 3.8) is 0 Å². The van der Waals surface area contributed by atoms with Gasteiger partial charge in [0.05, 0.1) is 0 Å². The van der Waals surface area contributed by atoms with Crippen molar-refractivity contribution in [3.05, 3.63) is 0 Å². The number of rotatable bonds is 1. The first-order valence-electron chi connectivity index (χ1n) is 5.13. The highest BCUT2D eigenvalue weighted by molar-refractivity contribution is 5.01. The monoisotopic (exact) mass is 168 g/mol. The molecule has 1 N–H and O–H groups in total. The van der Waals surface area contributed by atoms with E-state index in [4.69, 9.17) is 0 Å². The summed E-state index contributed by atoms with van der Waals surface area (Å²) < 4.78 is 0. The number of likely N-dealkylation sites (tertiary alicyclic amines) is 1. The second-order valence-corrected chi connectivity index (χ2v) is 4.58. The molecule has 1 saturated carbocycles. The average Bonchev–Trinajstić information content (AvgIpc) is 2.01. The van der Waals surface area contributed by atoms with Crippen LogP contribution in [0.4, 0.5) is 0 Å². The van der Waals surface area contributed by atoms with Gasteiger partial charge in [-0.15, -0.1) is 0 Å². The summed E-state index contributed by atoms with van der Waals surface area (Å²) in [5.74, 6) is 0. The molecule has 1 aliphatic heterocycles. The fourth-order valence-corrected chi connectivity index (χ4v) is 2.97. The molecule has 1 atom stereocenters. The zero-order valence-corrected chi connectivity index (χ0v) is 8.27. The Bertz CT molecular complexity index is 163. The van der Waals surface area contributed by atoms with Crippen LogP contribution in [0, 0.1) is 5.41 Å². The Morgan fingerprint density at radius 2 is 2.17 bits per heavy atom. The molecule has 2 nitrogen and oxygen atoms in total. The number of hydrogen-bond acceptors (Lipinski definition) is 2. The molecule has 1 saturated heterocycles. The van der Waals surface area contributed by atoms with Crippen molar-refractivity contribution in [1.82, 2.24) is 10.2 Å². The van der Waals surface area contributed by atoms with E-state index in [1.807, 2.05) is 0 Å². The first-order chi connectivity index (χ1) is 5.77. The first-order valence-corrected chi connectivity index (χ1v) is 5.13. The van der Waals surface area contributed by atoms with Crippen LogP contribution in [0.2, 0.25) is 0 Å². The lowest BCUT2D eigenvalue weighted by atomic mass is 9.61. The van der Waals surface area contributed by atoms with Crippen LogP contribution < -0.4 is 5.32 Å². The molecule has 1 spiro atoms. The van der Waals surface area contributed by atoms with Gasteiger partial charge in [0.2, 0.25) is 0 Å². The van der Waals surface area contributed by atoms with E-state index in [9.17, 15) is 0 Å². The molecule has 1 unspecified atom stereocenters. The van der Waals surface area contributed by atoms with Crippen molar-refractivity contribution < 1.29 is 0 Å². The summed E-state index contributed by atoms with van der Waals surface area (Å²) >= 11 is 0. The summed E-state index contributed by atoms with van der Waals surface area (Å²) in [7, 11) is 4.38. The lowest BCUT2D eigenvalue weighted by Crippen LogP contribution is -2.58. The number of nitrogens with one attached hydrogen (secondary N) is 1. The Morgan fingerprint density at radius 1 is 1.42 bits per heavy atom. The van der Waals surface area contributed by atoms with E-state index in [-0.39, 0.29) is 0 Å². The van der Waals surface area contributed by atoms with Crippen molar-refractivity contribution in [3.8, 4) is 0 Å². The highest BCUT2D eigenvalue weighted by Gasteiger charge is 2.45. The molecule has 1 heterocycles. The summed E-state index contributed by atoms with van der Waals surface area (Å²) in [6.07, 6.45) is 5.69. The van der Waals surface area contributed by atoms with E-state index in [1.54, 1.807) is 0 Å². The zero-order chi connectivity index (χ0) is 8.60. The van der Waals surface area contributed by atoms with E-state index in [1.165, 1.54) is 38.8 Å². The van der Waals surface area contributed by atoms with Crippen LogP contribution in [-0.2, 0) is 0 Å². The molecule has 0 amide bonds. The van der Waals surface area contributed by atoms with Crippen molar-refractivity contribution in [2.75, 3.05) is 27.2 Å². The van der Waals surface area contributed by atoms with Crippen LogP contribution in [0.3, 0.4) is 0 Å². The molecule has 70 valence electrons. The third-order valence-corrected chi connectivity index (χ3v) is 3.82. The van der Waals surface area contributed by atoms with E-state index < -0.39 is 0 Å². The summed E-state index contributed by atoms with van der Waals surface area (Å²) in [6.45, 7) is 2.59. The molecule has 0 radical (unpaired) electrons. The quantitative estimate of drug-likeness (QED) is 0.630. The summed E-state index contributed by atoms with van der Waals surface area (Å²) in [6, 6.07) is 0.794. The normalized spacial score (nSPS) is 35.0. The lowest BCUT2D eigenvalue weighted by Gasteiger charge is -2.53. The maximum atomic E-state index is 3.49. The van der Waals surface area contributed by atoms with Crippen LogP contribution in [-0.4, -0.2) is 38.1 Å². The van der Waals surface area contributed by atoms with Gasteiger partial charge in [0, 0.05) is 12.6 Å². The van der Waals surface area contributed by atoms with Gasteiger partial charge in [-0.2, -0.15) is 0 Å². The number of hydrogen-bond donors (Lipinski definition) is 1. The van der Waals surface area contributed by atoms with Crippen LogP contribution in [0.1, 0.15) is 25.7 Å². The predicted molar refractivity (Wildman–Crippen MR) is 51.2 cm³/mol. The van der Waals surface area contributed by atoms with Crippen molar-refractivity contribution >= 4 is 0 Å². The molecule has 1 aliphatic carbocycles. The molecule has 0 bridgehead atoms. The summed E-state index contributed by atoms with van der Waals surface area (Å²) in [4.78, 5) is 2.49. The first kappa shape index (κ1) is 8.52. The Morgan fingerprint density at radius 3 is 2.67 bits per heavy atom. The Labute approximate surface area is 75.3 Å². The Balaban J connectivity index is 2.04. The fraction of sp³-hybridized carbons (Fsp3) is 1.00. The zero-order valence-electron chi connectivity index (χ0n) is 8.27. The van der Waals surface area contributed by atoms with Gasteiger partial charge in [-0.3, -0.25) is 0 Å². The highest BCUT2D eigenvalue weighted by Crippen LogP contribution is 2.47. The molecule has 2 rings (SSSR count). The average molecular weight is 168 g/mol. The van der Waals surface area contributed by atoms with Gasteiger partial charge in [-0.25, -0.2) is 0 Å². The fourth-order valence-electron chi connectivity index (χ4n) is 2.97. The van der Waals surface area contributed by atoms with Gasteiger partial charge in [0.15, 0.2) is 0 Å². The molecule has 2 fully saturated rings. The SMILES string of the molecule is CNC1CCN(C)CC12CCC2. The molecule has 12 heavy (non-hydrogen) atoms. The number of piperidine rings is 1. The predicted octanol–water partition coefficient (Wildman–Crippen LogP) is 1.08. The minimum Gasteiger partial charge on any atom is -0.316 e. The molecule has 0 aromatic carbocycles. The van der Waals surface area contributed by atoms with Gasteiger partial charge in [0.25, 0.3) is 0 Å². The third-order valence-electron chi connectivity index (χ3n) is 3.82. The van der Waals surface area contributed by atoms with Gasteiger partial charge >= 0.3 is 0 Å². The van der Waals surface area contributed by atoms with Gasteiger partial charge in [-0.05, 0) is 45.3 Å². The third kappa shape index (κ3) is 1.17. The minimum absolute atomic E-state index is 0.655. The van der Waals surface area contributed by atoms with E-state index in [2.05, 4.69) is 24.3 Å². The van der Waals surface area contributed by atoms with Gasteiger partial charge < -0.3 is 10.2 Å². The standard InChI is InChI=1S/C10H20N2/c1-11-9-4-7-12(2)8-10(9)5-3-6-10/h9,11H,3-8H2,1-2H3. The molecular formula is C10H20N2. The molecule has 2 heteroatoms. The van der Waals surface area contributed by atoms with Gasteiger partial charge in [0.1, 0.15) is 0 Å². The van der Waals surface area contributed by atoms with E-state index >= 15 is 0 Å². The highest BCUT2D eigenvalue weighted by atomic mass is 15.1. The lowest BCUT2D eigenvalue weighted by molar-refractivity contribution is -0.000457. The number of nitrogens with zero attached hydrogens (tertiary/aromatic N) is 1. The Hall–Kier alpha value is -0.0800. The molecule has 2 aliphatic rings. The van der Waals surface area contributed by atoms with Crippen molar-refractivity contribution in [2.45, 2.75) is 31.7 Å². The van der Waals surface area contributed by atoms with Crippen molar-refractivity contribution in [2.24, 2.45) is 5.41 Å². The largest absolute Gasteiger partial charge is 0.316 e. The second-order valence-electron chi connectivity index (χ2n) is 4.58. The Kier molecular flexibility index (Phi) is 2.13. The van der Waals surface area contributed by atoms with Crippen LogP contribution >= 0.6 is 0 Å². The van der Waals surface area contributed by atoms with E-state index in [0.717, 1.165) is 6.04 Å². The van der Waals surface area contributed by atoms with Crippen LogP contribution in [0.25, 0.3) is 0 Å².